The maximum Gasteiger partial charge on any atom is 0.252 e. The fourth-order valence-electron chi connectivity index (χ4n) is 2.37. The second-order valence-corrected chi connectivity index (χ2v) is 5.96. The highest BCUT2D eigenvalue weighted by atomic mass is 16.1. The van der Waals surface area contributed by atoms with Gasteiger partial charge in [0.1, 0.15) is 0 Å². The van der Waals surface area contributed by atoms with Crippen LogP contribution in [0.3, 0.4) is 0 Å². The van der Waals surface area contributed by atoms with Crippen molar-refractivity contribution in [2.75, 3.05) is 18.4 Å². The van der Waals surface area contributed by atoms with E-state index in [0.717, 1.165) is 31.0 Å². The van der Waals surface area contributed by atoms with E-state index >= 15 is 0 Å². The molecule has 2 aromatic rings. The average Bonchev–Trinajstić information content (AvgIpc) is 2.53. The lowest BCUT2D eigenvalue weighted by molar-refractivity contribution is 0.296. The van der Waals surface area contributed by atoms with Gasteiger partial charge in [0.15, 0.2) is 0 Å². The van der Waals surface area contributed by atoms with E-state index in [-0.39, 0.29) is 11.5 Å². The maximum atomic E-state index is 11.7. The van der Waals surface area contributed by atoms with Crippen LogP contribution in [-0.2, 0) is 6.54 Å². The molecule has 1 heterocycles. The lowest BCUT2D eigenvalue weighted by Gasteiger charge is -2.18. The number of nitrogens with zero attached hydrogens (tertiary/aromatic N) is 2. The lowest BCUT2D eigenvalue weighted by atomic mass is 10.1. The molecule has 0 aliphatic heterocycles. The SMILES string of the molecule is CCN(CC)Cc1ccc(Nc2nc(C(C)C)cc(=O)[nH]2)cc1. The lowest BCUT2D eigenvalue weighted by Crippen LogP contribution is -2.22. The molecule has 124 valence electrons. The second-order valence-electron chi connectivity index (χ2n) is 5.96. The molecule has 0 radical (unpaired) electrons. The monoisotopic (exact) mass is 314 g/mol. The van der Waals surface area contributed by atoms with E-state index < -0.39 is 0 Å². The van der Waals surface area contributed by atoms with Crippen LogP contribution in [0.25, 0.3) is 0 Å². The number of rotatable bonds is 7. The van der Waals surface area contributed by atoms with Gasteiger partial charge in [-0.05, 0) is 36.7 Å². The molecule has 2 N–H and O–H groups in total. The highest BCUT2D eigenvalue weighted by molar-refractivity contribution is 5.53. The summed E-state index contributed by atoms with van der Waals surface area (Å²) in [6.07, 6.45) is 0. The van der Waals surface area contributed by atoms with Gasteiger partial charge in [0.05, 0.1) is 5.69 Å². The van der Waals surface area contributed by atoms with E-state index in [1.807, 2.05) is 26.0 Å². The predicted octanol–water partition coefficient (Wildman–Crippen LogP) is 3.48. The van der Waals surface area contributed by atoms with Crippen molar-refractivity contribution < 1.29 is 0 Å². The molecule has 0 fully saturated rings. The number of aromatic amines is 1. The molecule has 0 spiro atoms. The zero-order valence-corrected chi connectivity index (χ0v) is 14.4. The van der Waals surface area contributed by atoms with Gasteiger partial charge in [0, 0.05) is 18.3 Å². The first-order valence-corrected chi connectivity index (χ1v) is 8.21. The minimum atomic E-state index is -0.135. The third-order valence-corrected chi connectivity index (χ3v) is 3.87. The van der Waals surface area contributed by atoms with Gasteiger partial charge in [-0.1, -0.05) is 39.8 Å². The summed E-state index contributed by atoms with van der Waals surface area (Å²) in [6.45, 7) is 11.4. The summed E-state index contributed by atoms with van der Waals surface area (Å²) in [6, 6.07) is 9.78. The van der Waals surface area contributed by atoms with Crippen molar-refractivity contribution in [3.8, 4) is 0 Å². The van der Waals surface area contributed by atoms with Crippen molar-refractivity contribution in [2.45, 2.75) is 40.2 Å². The highest BCUT2D eigenvalue weighted by Gasteiger charge is 2.06. The van der Waals surface area contributed by atoms with E-state index in [0.29, 0.717) is 5.95 Å². The average molecular weight is 314 g/mol. The van der Waals surface area contributed by atoms with Crippen molar-refractivity contribution >= 4 is 11.6 Å². The molecule has 0 saturated carbocycles. The molecule has 1 aromatic heterocycles. The molecule has 0 aliphatic carbocycles. The Hall–Kier alpha value is -2.14. The van der Waals surface area contributed by atoms with E-state index in [2.05, 4.69) is 46.2 Å². The molecule has 0 unspecified atom stereocenters. The highest BCUT2D eigenvalue weighted by Crippen LogP contribution is 2.16. The summed E-state index contributed by atoms with van der Waals surface area (Å²) in [5.41, 5.74) is 2.84. The number of hydrogen-bond acceptors (Lipinski definition) is 4. The second kappa shape index (κ2) is 7.92. The van der Waals surface area contributed by atoms with Crippen LogP contribution in [0, 0.1) is 0 Å². The molecule has 23 heavy (non-hydrogen) atoms. The van der Waals surface area contributed by atoms with Crippen molar-refractivity contribution in [1.82, 2.24) is 14.9 Å². The van der Waals surface area contributed by atoms with Crippen LogP contribution in [0.4, 0.5) is 11.6 Å². The van der Waals surface area contributed by atoms with Crippen molar-refractivity contribution in [3.63, 3.8) is 0 Å². The Kier molecular flexibility index (Phi) is 5.93. The van der Waals surface area contributed by atoms with Gasteiger partial charge in [0.25, 0.3) is 5.56 Å². The Balaban J connectivity index is 2.10. The fraction of sp³-hybridized carbons (Fsp3) is 0.444. The van der Waals surface area contributed by atoms with Crippen molar-refractivity contribution in [3.05, 3.63) is 51.9 Å². The Labute approximate surface area is 137 Å². The Morgan fingerprint density at radius 3 is 2.39 bits per heavy atom. The quantitative estimate of drug-likeness (QED) is 0.821. The van der Waals surface area contributed by atoms with Crippen LogP contribution in [-0.4, -0.2) is 28.0 Å². The van der Waals surface area contributed by atoms with Gasteiger partial charge in [0.2, 0.25) is 5.95 Å². The third-order valence-electron chi connectivity index (χ3n) is 3.87. The van der Waals surface area contributed by atoms with E-state index in [1.165, 1.54) is 5.56 Å². The molecule has 0 bridgehead atoms. The Bertz CT molecular complexity index is 672. The first-order chi connectivity index (χ1) is 11.0. The molecule has 1 aromatic carbocycles. The Morgan fingerprint density at radius 2 is 1.83 bits per heavy atom. The molecule has 0 amide bonds. The molecule has 0 atom stereocenters. The van der Waals surface area contributed by atoms with Gasteiger partial charge < -0.3 is 5.32 Å². The van der Waals surface area contributed by atoms with E-state index in [4.69, 9.17) is 0 Å². The molecule has 0 saturated heterocycles. The minimum absolute atomic E-state index is 0.135. The van der Waals surface area contributed by atoms with Crippen LogP contribution in [0.1, 0.15) is 44.9 Å². The molecule has 5 heteroatoms. The van der Waals surface area contributed by atoms with Gasteiger partial charge in [-0.2, -0.15) is 0 Å². The van der Waals surface area contributed by atoms with Crippen LogP contribution in [0.15, 0.2) is 35.1 Å². The van der Waals surface area contributed by atoms with Gasteiger partial charge in [-0.3, -0.25) is 14.7 Å². The molecular weight excluding hydrogens is 288 g/mol. The predicted molar refractivity (Wildman–Crippen MR) is 95.3 cm³/mol. The number of hydrogen-bond donors (Lipinski definition) is 2. The summed E-state index contributed by atoms with van der Waals surface area (Å²) >= 11 is 0. The summed E-state index contributed by atoms with van der Waals surface area (Å²) < 4.78 is 0. The van der Waals surface area contributed by atoms with Crippen LogP contribution >= 0.6 is 0 Å². The zero-order valence-electron chi connectivity index (χ0n) is 14.4. The van der Waals surface area contributed by atoms with Gasteiger partial charge >= 0.3 is 0 Å². The summed E-state index contributed by atoms with van der Waals surface area (Å²) in [4.78, 5) is 21.3. The van der Waals surface area contributed by atoms with Crippen LogP contribution in [0.2, 0.25) is 0 Å². The normalized spacial score (nSPS) is 11.2. The first-order valence-electron chi connectivity index (χ1n) is 8.21. The largest absolute Gasteiger partial charge is 0.326 e. The van der Waals surface area contributed by atoms with E-state index in [9.17, 15) is 4.79 Å². The third kappa shape index (κ3) is 4.93. The van der Waals surface area contributed by atoms with E-state index in [1.54, 1.807) is 6.07 Å². The van der Waals surface area contributed by atoms with Crippen molar-refractivity contribution in [2.24, 2.45) is 0 Å². The number of nitrogens with one attached hydrogen (secondary N) is 2. The number of benzene rings is 1. The smallest absolute Gasteiger partial charge is 0.252 e. The number of aromatic nitrogens is 2. The maximum absolute atomic E-state index is 11.7. The van der Waals surface area contributed by atoms with Crippen molar-refractivity contribution in [1.29, 1.82) is 0 Å². The van der Waals surface area contributed by atoms with Gasteiger partial charge in [-0.25, -0.2) is 4.98 Å². The zero-order chi connectivity index (χ0) is 16.8. The standard InChI is InChI=1S/C18H26N4O/c1-5-22(6-2)12-14-7-9-15(10-8-14)19-18-20-16(13(3)4)11-17(23)21-18/h7-11,13H,5-6,12H2,1-4H3,(H2,19,20,21,23). The topological polar surface area (TPSA) is 61.0 Å². The Morgan fingerprint density at radius 1 is 1.17 bits per heavy atom. The molecular formula is C18H26N4O. The first kappa shape index (κ1) is 17.2. The van der Waals surface area contributed by atoms with Gasteiger partial charge in [-0.15, -0.1) is 0 Å². The fourth-order valence-corrected chi connectivity index (χ4v) is 2.37. The molecule has 0 aliphatic rings. The number of anilines is 2. The number of H-pyrrole nitrogens is 1. The van der Waals surface area contributed by atoms with Crippen LogP contribution in [0.5, 0.6) is 0 Å². The summed E-state index contributed by atoms with van der Waals surface area (Å²) in [5, 5.41) is 3.17. The summed E-state index contributed by atoms with van der Waals surface area (Å²) in [5.74, 6) is 0.701. The molecule has 2 rings (SSSR count). The minimum Gasteiger partial charge on any atom is -0.326 e. The summed E-state index contributed by atoms with van der Waals surface area (Å²) in [7, 11) is 0. The van der Waals surface area contributed by atoms with Crippen LogP contribution < -0.4 is 10.9 Å². The molecule has 5 nitrogen and oxygen atoms in total.